The number of aromatic nitrogens is 1. The molecule has 5 rings (SSSR count). The zero-order chi connectivity index (χ0) is 29.7. The fraction of sp³-hybridized carbons (Fsp3) is 0.333. The van der Waals surface area contributed by atoms with Crippen LogP contribution in [0.1, 0.15) is 54.7 Å². The number of carbonyl (C=O) groups is 3. The molecular weight excluding hydrogens is 570 g/mol. The lowest BCUT2D eigenvalue weighted by Gasteiger charge is -2.37. The Morgan fingerprint density at radius 2 is 1.98 bits per heavy atom. The van der Waals surface area contributed by atoms with Gasteiger partial charge in [-0.05, 0) is 47.2 Å². The normalized spacial score (nSPS) is 21.5. The number of ether oxygens (including phenoxy) is 1. The summed E-state index contributed by atoms with van der Waals surface area (Å²) in [5.41, 5.74) is 1.02. The van der Waals surface area contributed by atoms with E-state index in [-0.39, 0.29) is 33.1 Å². The molecule has 0 unspecified atom stereocenters. The van der Waals surface area contributed by atoms with Gasteiger partial charge < -0.3 is 20.7 Å². The Balaban J connectivity index is 1.79. The monoisotopic (exact) mass is 598 g/mol. The fourth-order valence-corrected chi connectivity index (χ4v) is 6.60. The Labute approximate surface area is 247 Å². The van der Waals surface area contributed by atoms with Crippen LogP contribution >= 0.6 is 23.2 Å². The Kier molecular flexibility index (Phi) is 7.57. The minimum atomic E-state index is -1.23. The SMILES string of the molecule is COC(=O)c1ncc(NC=O)cc1-c1cc2c(cc1Cl)NC(=O)[C@@]21[C@H](CC(C)(C)C)NC[C@@H]1c1cccc(Cl)c1F. The van der Waals surface area contributed by atoms with Crippen molar-refractivity contribution in [3.05, 3.63) is 75.3 Å². The van der Waals surface area contributed by atoms with E-state index < -0.39 is 23.1 Å². The highest BCUT2D eigenvalue weighted by atomic mass is 35.5. The minimum absolute atomic E-state index is 0.0228. The van der Waals surface area contributed by atoms with Crippen molar-refractivity contribution in [1.82, 2.24) is 10.3 Å². The molecule has 1 saturated heterocycles. The van der Waals surface area contributed by atoms with Crippen molar-refractivity contribution in [2.24, 2.45) is 5.41 Å². The maximum atomic E-state index is 15.6. The number of carbonyl (C=O) groups excluding carboxylic acids is 3. The number of hydrogen-bond acceptors (Lipinski definition) is 6. The fourth-order valence-electron chi connectivity index (χ4n) is 6.16. The van der Waals surface area contributed by atoms with E-state index in [1.165, 1.54) is 19.4 Å². The zero-order valence-electron chi connectivity index (χ0n) is 22.9. The number of benzene rings is 2. The third-order valence-corrected chi connectivity index (χ3v) is 8.40. The Morgan fingerprint density at radius 3 is 2.66 bits per heavy atom. The van der Waals surface area contributed by atoms with Gasteiger partial charge in [0.25, 0.3) is 0 Å². The number of hydrogen-bond donors (Lipinski definition) is 3. The van der Waals surface area contributed by atoms with Gasteiger partial charge in [0.15, 0.2) is 5.69 Å². The highest BCUT2D eigenvalue weighted by Crippen LogP contribution is 2.56. The van der Waals surface area contributed by atoms with Gasteiger partial charge in [0, 0.05) is 35.3 Å². The lowest BCUT2D eigenvalue weighted by Crippen LogP contribution is -2.49. The molecule has 1 fully saturated rings. The van der Waals surface area contributed by atoms with Gasteiger partial charge in [-0.25, -0.2) is 14.2 Å². The molecule has 2 aliphatic heterocycles. The Bertz CT molecular complexity index is 1570. The van der Waals surface area contributed by atoms with E-state index in [1.54, 1.807) is 30.3 Å². The predicted octanol–water partition coefficient (Wildman–Crippen LogP) is 5.93. The molecule has 214 valence electrons. The van der Waals surface area contributed by atoms with Gasteiger partial charge in [0.1, 0.15) is 5.82 Å². The van der Waals surface area contributed by atoms with Gasteiger partial charge in [-0.1, -0.05) is 56.1 Å². The van der Waals surface area contributed by atoms with E-state index in [2.05, 4.69) is 41.7 Å². The molecule has 1 aromatic heterocycles. The third-order valence-electron chi connectivity index (χ3n) is 7.80. The average molecular weight is 599 g/mol. The highest BCUT2D eigenvalue weighted by Gasteiger charge is 2.62. The van der Waals surface area contributed by atoms with Gasteiger partial charge in [-0.15, -0.1) is 0 Å². The number of nitrogens with one attached hydrogen (secondary N) is 3. The van der Waals surface area contributed by atoms with E-state index in [0.717, 1.165) is 0 Å². The average Bonchev–Trinajstić information content (AvgIpc) is 3.41. The zero-order valence-corrected chi connectivity index (χ0v) is 24.4. The molecule has 3 heterocycles. The molecule has 8 nitrogen and oxygen atoms in total. The molecule has 41 heavy (non-hydrogen) atoms. The summed E-state index contributed by atoms with van der Waals surface area (Å²) in [6.07, 6.45) is 2.42. The van der Waals surface area contributed by atoms with E-state index in [4.69, 9.17) is 27.9 Å². The largest absolute Gasteiger partial charge is 0.464 e. The molecular formula is C30H29Cl2FN4O4. The van der Waals surface area contributed by atoms with Crippen LogP contribution < -0.4 is 16.0 Å². The second-order valence-corrected chi connectivity index (χ2v) is 12.3. The van der Waals surface area contributed by atoms with Gasteiger partial charge in [0.05, 0.1) is 34.5 Å². The first-order valence-corrected chi connectivity index (χ1v) is 13.8. The van der Waals surface area contributed by atoms with E-state index in [0.29, 0.717) is 53.0 Å². The third kappa shape index (κ3) is 4.86. The van der Waals surface area contributed by atoms with Crippen LogP contribution in [0.4, 0.5) is 15.8 Å². The molecule has 3 N–H and O–H groups in total. The molecule has 1 spiro atoms. The van der Waals surface area contributed by atoms with Crippen molar-refractivity contribution in [2.45, 2.75) is 44.6 Å². The molecule has 3 aromatic rings. The van der Waals surface area contributed by atoms with Crippen LogP contribution in [-0.4, -0.2) is 43.0 Å². The summed E-state index contributed by atoms with van der Waals surface area (Å²) in [6.45, 7) is 6.57. The van der Waals surface area contributed by atoms with Gasteiger partial charge >= 0.3 is 5.97 Å². The predicted molar refractivity (Wildman–Crippen MR) is 156 cm³/mol. The lowest BCUT2D eigenvalue weighted by molar-refractivity contribution is -0.122. The van der Waals surface area contributed by atoms with Gasteiger partial charge in [0.2, 0.25) is 12.3 Å². The summed E-state index contributed by atoms with van der Waals surface area (Å²) in [5.74, 6) is -2.17. The van der Waals surface area contributed by atoms with Crippen molar-refractivity contribution >= 4 is 52.9 Å². The summed E-state index contributed by atoms with van der Waals surface area (Å²) in [7, 11) is 1.23. The van der Waals surface area contributed by atoms with E-state index in [9.17, 15) is 14.4 Å². The van der Waals surface area contributed by atoms with Crippen molar-refractivity contribution < 1.29 is 23.5 Å². The first kappa shape index (κ1) is 29.0. The first-order valence-electron chi connectivity index (χ1n) is 13.0. The number of rotatable bonds is 6. The molecule has 0 aliphatic carbocycles. The quantitative estimate of drug-likeness (QED) is 0.239. The van der Waals surface area contributed by atoms with Crippen molar-refractivity contribution in [3.63, 3.8) is 0 Å². The van der Waals surface area contributed by atoms with E-state index >= 15 is 4.39 Å². The molecule has 2 aromatic carbocycles. The van der Waals surface area contributed by atoms with Crippen molar-refractivity contribution in [3.8, 4) is 11.1 Å². The smallest absolute Gasteiger partial charge is 0.357 e. The van der Waals surface area contributed by atoms with Crippen LogP contribution in [0.2, 0.25) is 10.0 Å². The van der Waals surface area contributed by atoms with Crippen LogP contribution in [-0.2, 0) is 19.7 Å². The molecule has 2 aliphatic rings. The highest BCUT2D eigenvalue weighted by molar-refractivity contribution is 6.34. The van der Waals surface area contributed by atoms with Crippen LogP contribution in [0.25, 0.3) is 11.1 Å². The molecule has 0 saturated carbocycles. The Hall–Kier alpha value is -3.53. The maximum Gasteiger partial charge on any atom is 0.357 e. The number of amides is 2. The first-order chi connectivity index (χ1) is 19.4. The Morgan fingerprint density at radius 1 is 1.22 bits per heavy atom. The van der Waals surface area contributed by atoms with Crippen LogP contribution in [0.3, 0.4) is 0 Å². The number of esters is 1. The molecule has 0 bridgehead atoms. The number of anilines is 2. The molecule has 2 amide bonds. The number of methoxy groups -OCH3 is 1. The summed E-state index contributed by atoms with van der Waals surface area (Å²) in [5, 5.41) is 9.25. The van der Waals surface area contributed by atoms with E-state index in [1.807, 2.05) is 0 Å². The number of nitrogens with zero attached hydrogens (tertiary/aromatic N) is 1. The van der Waals surface area contributed by atoms with Gasteiger partial charge in [-0.2, -0.15) is 0 Å². The minimum Gasteiger partial charge on any atom is -0.464 e. The van der Waals surface area contributed by atoms with Crippen LogP contribution in [0.15, 0.2) is 42.6 Å². The maximum absolute atomic E-state index is 15.6. The summed E-state index contributed by atoms with van der Waals surface area (Å²) >= 11 is 13.0. The number of pyridine rings is 1. The molecule has 11 heteroatoms. The topological polar surface area (TPSA) is 109 Å². The standard InChI is InChI=1S/C30H29Cl2FN4O4/c1-29(2,3)11-24-30(20(13-34-24)16-6-5-7-21(31)25(16)33)19-9-17(22(32)10-23(19)37-28(30)40)18-8-15(36-14-38)12-35-26(18)27(39)41-4/h5-10,12,14,20,24,34H,11,13H2,1-4H3,(H,36,38)(H,37,40)/t20-,24+,30+/m1/s1. The van der Waals surface area contributed by atoms with Crippen molar-refractivity contribution in [2.75, 3.05) is 24.3 Å². The number of fused-ring (bicyclic) bond motifs is 2. The second-order valence-electron chi connectivity index (χ2n) is 11.5. The molecule has 3 atom stereocenters. The van der Waals surface area contributed by atoms with Gasteiger partial charge in [-0.3, -0.25) is 9.59 Å². The summed E-state index contributed by atoms with van der Waals surface area (Å²) in [4.78, 5) is 42.2. The lowest BCUT2D eigenvalue weighted by atomic mass is 9.63. The molecule has 0 radical (unpaired) electrons. The van der Waals surface area contributed by atoms with Crippen LogP contribution in [0.5, 0.6) is 0 Å². The van der Waals surface area contributed by atoms with Crippen molar-refractivity contribution in [1.29, 1.82) is 0 Å². The second kappa shape index (κ2) is 10.7. The summed E-state index contributed by atoms with van der Waals surface area (Å²) in [6, 6.07) is 9.37. The summed E-state index contributed by atoms with van der Waals surface area (Å²) < 4.78 is 20.5. The van der Waals surface area contributed by atoms with Crippen LogP contribution in [0, 0.1) is 11.2 Å². The number of halogens is 3.